The summed E-state index contributed by atoms with van der Waals surface area (Å²) in [6, 6.07) is 5.92. The zero-order chi connectivity index (χ0) is 19.3. The Hall–Kier alpha value is -2.39. The van der Waals surface area contributed by atoms with Crippen molar-refractivity contribution >= 4 is 21.9 Å². The number of carbonyl (C=O) groups excluding carboxylic acids is 2. The van der Waals surface area contributed by atoms with Gasteiger partial charge in [-0.05, 0) is 32.4 Å². The number of benzene rings is 1. The van der Waals surface area contributed by atoms with Gasteiger partial charge in [-0.25, -0.2) is 8.42 Å². The molecule has 1 heterocycles. The number of nitrogens with zero attached hydrogens (tertiary/aromatic N) is 1. The lowest BCUT2D eigenvalue weighted by Crippen LogP contribution is -2.49. The molecule has 0 fully saturated rings. The van der Waals surface area contributed by atoms with Crippen LogP contribution in [0, 0.1) is 0 Å². The van der Waals surface area contributed by atoms with Gasteiger partial charge < -0.3 is 9.47 Å². The molecule has 1 aromatic rings. The van der Waals surface area contributed by atoms with Crippen LogP contribution in [0.15, 0.2) is 40.3 Å². The van der Waals surface area contributed by atoms with E-state index in [9.17, 15) is 18.0 Å². The third-order valence-corrected chi connectivity index (χ3v) is 5.27. The summed E-state index contributed by atoms with van der Waals surface area (Å²) in [5, 5.41) is 1.01. The molecule has 0 spiro atoms. The Bertz CT molecular complexity index is 831. The van der Waals surface area contributed by atoms with E-state index in [0.29, 0.717) is 12.2 Å². The average Bonchev–Trinajstić information content (AvgIpc) is 2.61. The lowest BCUT2D eigenvalue weighted by molar-refractivity contribution is -0.143. The van der Waals surface area contributed by atoms with E-state index in [2.05, 4.69) is 4.83 Å². The van der Waals surface area contributed by atoms with Crippen molar-refractivity contribution in [3.05, 3.63) is 35.4 Å². The highest BCUT2D eigenvalue weighted by atomic mass is 32.2. The predicted molar refractivity (Wildman–Crippen MR) is 93.6 cm³/mol. The minimum absolute atomic E-state index is 0.0251. The minimum atomic E-state index is -3.97. The van der Waals surface area contributed by atoms with Crippen LogP contribution in [0.4, 0.5) is 0 Å². The van der Waals surface area contributed by atoms with E-state index in [0.717, 1.165) is 10.6 Å². The highest BCUT2D eigenvalue weighted by molar-refractivity contribution is 7.89. The van der Waals surface area contributed by atoms with Gasteiger partial charge in [-0.3, -0.25) is 14.6 Å². The Labute approximate surface area is 152 Å². The number of esters is 1. The fourth-order valence-electron chi connectivity index (χ4n) is 2.51. The minimum Gasteiger partial charge on any atom is -0.497 e. The zero-order valence-electron chi connectivity index (χ0n) is 14.9. The predicted octanol–water partition coefficient (Wildman–Crippen LogP) is 1.39. The summed E-state index contributed by atoms with van der Waals surface area (Å²) in [6.07, 6.45) is 0.275. The van der Waals surface area contributed by atoms with Crippen LogP contribution >= 0.6 is 0 Å². The van der Waals surface area contributed by atoms with Gasteiger partial charge in [0, 0.05) is 18.2 Å². The molecule has 0 bridgehead atoms. The molecule has 1 aromatic carbocycles. The molecule has 2 rings (SSSR count). The number of sulfonamides is 1. The molecule has 142 valence electrons. The summed E-state index contributed by atoms with van der Waals surface area (Å²) in [5.41, 5.74) is 1.00. The number of hydrogen-bond donors (Lipinski definition) is 1. The first-order valence-corrected chi connectivity index (χ1v) is 9.59. The number of hydrazine groups is 1. The normalized spacial score (nSPS) is 15.2. The maximum Gasteiger partial charge on any atom is 0.310 e. The summed E-state index contributed by atoms with van der Waals surface area (Å²) < 4.78 is 35.0. The summed E-state index contributed by atoms with van der Waals surface area (Å²) >= 11 is 0. The molecule has 8 nitrogen and oxygen atoms in total. The van der Waals surface area contributed by atoms with Crippen molar-refractivity contribution < 1.29 is 27.5 Å². The summed E-state index contributed by atoms with van der Waals surface area (Å²) in [5.74, 6) is -0.683. The van der Waals surface area contributed by atoms with Crippen molar-refractivity contribution in [1.29, 1.82) is 0 Å². The Balaban J connectivity index is 2.19. The summed E-state index contributed by atoms with van der Waals surface area (Å²) in [7, 11) is -2.54. The molecule has 0 unspecified atom stereocenters. The first-order chi connectivity index (χ1) is 12.3. The van der Waals surface area contributed by atoms with Gasteiger partial charge in [0.15, 0.2) is 0 Å². The number of nitrogens with one attached hydrogen (secondary N) is 1. The molecular weight excluding hydrogens is 360 g/mol. The standard InChI is InChI=1S/C17H22N2O6S/c1-4-25-16(20)11-15-12(2)8-9-19(17(15)21)18-26(22,23)14-7-5-6-13(10-14)24-3/h5-7,10,18H,4,8-9,11H2,1-3H3. The topological polar surface area (TPSA) is 102 Å². The van der Waals surface area contributed by atoms with E-state index in [-0.39, 0.29) is 30.0 Å². The Morgan fingerprint density at radius 2 is 2.08 bits per heavy atom. The average molecular weight is 382 g/mol. The SMILES string of the molecule is CCOC(=O)CC1=C(C)CCN(NS(=O)(=O)c2cccc(OC)c2)C1=O. The van der Waals surface area contributed by atoms with Crippen molar-refractivity contribution in [2.24, 2.45) is 0 Å². The molecule has 1 amide bonds. The van der Waals surface area contributed by atoms with Gasteiger partial charge in [-0.2, -0.15) is 0 Å². The molecular formula is C17H22N2O6S. The molecule has 1 aliphatic heterocycles. The first kappa shape index (κ1) is 19.9. The third kappa shape index (κ3) is 4.61. The number of hydrogen-bond acceptors (Lipinski definition) is 6. The van der Waals surface area contributed by atoms with E-state index in [1.54, 1.807) is 26.0 Å². The quantitative estimate of drug-likeness (QED) is 0.715. The lowest BCUT2D eigenvalue weighted by atomic mass is 9.99. The maximum absolute atomic E-state index is 12.6. The second-order valence-corrected chi connectivity index (χ2v) is 7.38. The molecule has 0 aromatic heterocycles. The number of ether oxygens (including phenoxy) is 2. The van der Waals surface area contributed by atoms with E-state index < -0.39 is 21.9 Å². The summed E-state index contributed by atoms with van der Waals surface area (Å²) in [6.45, 7) is 3.82. The van der Waals surface area contributed by atoms with Crippen molar-refractivity contribution in [3.63, 3.8) is 0 Å². The highest BCUT2D eigenvalue weighted by Gasteiger charge is 2.30. The van der Waals surface area contributed by atoms with Crippen LogP contribution in [-0.4, -0.2) is 45.6 Å². The largest absolute Gasteiger partial charge is 0.497 e. The fourth-order valence-corrected chi connectivity index (χ4v) is 3.61. The first-order valence-electron chi connectivity index (χ1n) is 8.11. The molecule has 0 saturated carbocycles. The molecule has 0 aliphatic carbocycles. The van der Waals surface area contributed by atoms with Gasteiger partial charge in [-0.15, -0.1) is 4.83 Å². The second kappa shape index (κ2) is 8.33. The van der Waals surface area contributed by atoms with Gasteiger partial charge in [0.2, 0.25) is 0 Å². The van der Waals surface area contributed by atoms with Crippen LogP contribution < -0.4 is 9.57 Å². The fraction of sp³-hybridized carbons (Fsp3) is 0.412. The van der Waals surface area contributed by atoms with E-state index in [1.807, 2.05) is 0 Å². The van der Waals surface area contributed by atoms with Crippen molar-refractivity contribution in [1.82, 2.24) is 9.84 Å². The van der Waals surface area contributed by atoms with Crippen LogP contribution in [-0.2, 0) is 24.3 Å². The van der Waals surface area contributed by atoms with Crippen LogP contribution in [0.2, 0.25) is 0 Å². The smallest absolute Gasteiger partial charge is 0.310 e. The van der Waals surface area contributed by atoms with Crippen LogP contribution in [0.1, 0.15) is 26.7 Å². The van der Waals surface area contributed by atoms with E-state index in [4.69, 9.17) is 9.47 Å². The van der Waals surface area contributed by atoms with Gasteiger partial charge in [-0.1, -0.05) is 11.6 Å². The van der Waals surface area contributed by atoms with Crippen molar-refractivity contribution in [2.75, 3.05) is 20.3 Å². The molecule has 9 heteroatoms. The maximum atomic E-state index is 12.6. The number of carbonyl (C=O) groups is 2. The Morgan fingerprint density at radius 1 is 1.35 bits per heavy atom. The van der Waals surface area contributed by atoms with Crippen LogP contribution in [0.5, 0.6) is 5.75 Å². The van der Waals surface area contributed by atoms with Crippen LogP contribution in [0.3, 0.4) is 0 Å². The van der Waals surface area contributed by atoms with Crippen LogP contribution in [0.25, 0.3) is 0 Å². The summed E-state index contributed by atoms with van der Waals surface area (Å²) in [4.78, 5) is 26.6. The van der Waals surface area contributed by atoms with Gasteiger partial charge in [0.05, 0.1) is 25.0 Å². The van der Waals surface area contributed by atoms with Crippen molar-refractivity contribution in [2.45, 2.75) is 31.6 Å². The number of amides is 1. The molecule has 26 heavy (non-hydrogen) atoms. The Kier molecular flexibility index (Phi) is 6.38. The molecule has 1 aliphatic rings. The monoisotopic (exact) mass is 382 g/mol. The van der Waals surface area contributed by atoms with Gasteiger partial charge >= 0.3 is 5.97 Å². The van der Waals surface area contributed by atoms with Gasteiger partial charge in [0.1, 0.15) is 5.75 Å². The number of methoxy groups -OCH3 is 1. The molecule has 0 saturated heterocycles. The number of rotatable bonds is 7. The van der Waals surface area contributed by atoms with Gasteiger partial charge in [0.25, 0.3) is 15.9 Å². The molecule has 0 radical (unpaired) electrons. The van der Waals surface area contributed by atoms with E-state index in [1.165, 1.54) is 19.2 Å². The second-order valence-electron chi connectivity index (χ2n) is 5.72. The highest BCUT2D eigenvalue weighted by Crippen LogP contribution is 2.23. The third-order valence-electron chi connectivity index (χ3n) is 3.94. The van der Waals surface area contributed by atoms with E-state index >= 15 is 0 Å². The van der Waals surface area contributed by atoms with Crippen molar-refractivity contribution in [3.8, 4) is 5.75 Å². The molecule has 1 N–H and O–H groups in total. The molecule has 0 atom stereocenters. The Morgan fingerprint density at radius 3 is 2.73 bits per heavy atom. The zero-order valence-corrected chi connectivity index (χ0v) is 15.8. The lowest BCUT2D eigenvalue weighted by Gasteiger charge is -2.29.